The van der Waals surface area contributed by atoms with Crippen molar-refractivity contribution in [2.24, 2.45) is 18.9 Å². The Morgan fingerprint density at radius 3 is 2.81 bits per heavy atom. The van der Waals surface area contributed by atoms with Crippen LogP contribution in [0.2, 0.25) is 0 Å². The van der Waals surface area contributed by atoms with Crippen molar-refractivity contribution in [2.45, 2.75) is 32.2 Å². The molecule has 2 rings (SSSR count). The Morgan fingerprint density at radius 2 is 2.14 bits per heavy atom. The topological polar surface area (TPSA) is 96.3 Å². The number of aryl methyl sites for hydroxylation is 1. The number of hydrogen-bond acceptors (Lipinski definition) is 3. The van der Waals surface area contributed by atoms with Crippen LogP contribution in [0.1, 0.15) is 31.5 Å². The van der Waals surface area contributed by atoms with Crippen LogP contribution in [-0.4, -0.2) is 33.2 Å². The van der Waals surface area contributed by atoms with Gasteiger partial charge in [-0.05, 0) is 18.8 Å². The first-order valence-corrected chi connectivity index (χ1v) is 7.28. The maximum absolute atomic E-state index is 11.8. The smallest absolute Gasteiger partial charge is 0.315 e. The molecule has 7 nitrogen and oxygen atoms in total. The van der Waals surface area contributed by atoms with Gasteiger partial charge in [0.25, 0.3) is 0 Å². The Balaban J connectivity index is 1.75. The molecule has 1 aromatic heterocycles. The highest BCUT2D eigenvalue weighted by Gasteiger charge is 2.30. The summed E-state index contributed by atoms with van der Waals surface area (Å²) < 4.78 is 1.84. The summed E-state index contributed by atoms with van der Waals surface area (Å²) in [6, 6.07) is -0.285. The number of aromatic nitrogens is 2. The Kier molecular flexibility index (Phi) is 5.19. The van der Waals surface area contributed by atoms with Crippen LogP contribution in [0.4, 0.5) is 4.79 Å². The van der Waals surface area contributed by atoms with Gasteiger partial charge in [0.15, 0.2) is 0 Å². The first kappa shape index (κ1) is 15.3. The third-order valence-corrected chi connectivity index (χ3v) is 4.08. The van der Waals surface area contributed by atoms with Gasteiger partial charge >= 0.3 is 12.0 Å². The van der Waals surface area contributed by atoms with Crippen molar-refractivity contribution in [3.63, 3.8) is 0 Å². The van der Waals surface area contributed by atoms with Gasteiger partial charge in [-0.2, -0.15) is 0 Å². The molecule has 2 unspecified atom stereocenters. The minimum absolute atomic E-state index is 0.0233. The second kappa shape index (κ2) is 7.10. The monoisotopic (exact) mass is 294 g/mol. The molecule has 0 saturated heterocycles. The number of carbonyl (C=O) groups is 2. The lowest BCUT2D eigenvalue weighted by atomic mass is 9.79. The second-order valence-corrected chi connectivity index (χ2v) is 5.51. The molecular formula is C14H22N4O3. The van der Waals surface area contributed by atoms with E-state index in [0.717, 1.165) is 25.1 Å². The molecular weight excluding hydrogens is 272 g/mol. The van der Waals surface area contributed by atoms with Crippen LogP contribution in [0.25, 0.3) is 0 Å². The van der Waals surface area contributed by atoms with Crippen molar-refractivity contribution in [1.82, 2.24) is 20.2 Å². The first-order valence-electron chi connectivity index (χ1n) is 7.28. The quantitative estimate of drug-likeness (QED) is 0.758. The van der Waals surface area contributed by atoms with Gasteiger partial charge in [0, 0.05) is 26.0 Å². The van der Waals surface area contributed by atoms with E-state index in [9.17, 15) is 14.7 Å². The lowest BCUT2D eigenvalue weighted by molar-refractivity contribution is -0.144. The van der Waals surface area contributed by atoms with Crippen molar-refractivity contribution >= 4 is 12.0 Å². The third-order valence-electron chi connectivity index (χ3n) is 4.08. The fourth-order valence-corrected chi connectivity index (χ4v) is 2.79. The molecule has 1 aromatic rings. The fraction of sp³-hybridized carbons (Fsp3) is 0.643. The molecule has 1 heterocycles. The predicted molar refractivity (Wildman–Crippen MR) is 76.5 cm³/mol. The van der Waals surface area contributed by atoms with Gasteiger partial charge in [0.05, 0.1) is 12.5 Å². The number of nitrogens with one attached hydrogen (secondary N) is 2. The lowest BCUT2D eigenvalue weighted by Gasteiger charge is -2.28. The number of rotatable bonds is 5. The number of imidazole rings is 1. The molecule has 1 aliphatic rings. The molecule has 0 spiro atoms. The number of carboxylic acids is 1. The lowest BCUT2D eigenvalue weighted by Crippen LogP contribution is -2.41. The number of aliphatic carboxylic acids is 1. The van der Waals surface area contributed by atoms with E-state index >= 15 is 0 Å². The van der Waals surface area contributed by atoms with Crippen LogP contribution >= 0.6 is 0 Å². The molecule has 0 aliphatic heterocycles. The van der Waals surface area contributed by atoms with Crippen LogP contribution < -0.4 is 10.6 Å². The third kappa shape index (κ3) is 4.21. The average molecular weight is 294 g/mol. The molecule has 1 aliphatic carbocycles. The molecule has 1 fully saturated rings. The molecule has 116 valence electrons. The van der Waals surface area contributed by atoms with Gasteiger partial charge in [-0.15, -0.1) is 0 Å². The van der Waals surface area contributed by atoms with Crippen LogP contribution in [0, 0.1) is 11.8 Å². The zero-order valence-corrected chi connectivity index (χ0v) is 12.2. The van der Waals surface area contributed by atoms with Crippen LogP contribution in [-0.2, 0) is 18.4 Å². The minimum Gasteiger partial charge on any atom is -0.481 e. The van der Waals surface area contributed by atoms with Crippen LogP contribution in [0.3, 0.4) is 0 Å². The van der Waals surface area contributed by atoms with Crippen molar-refractivity contribution in [3.8, 4) is 0 Å². The molecule has 3 N–H and O–H groups in total. The standard InChI is InChI=1S/C14H22N4O3/c1-18-7-6-15-12(18)9-17-14(21)16-8-10-4-2-3-5-11(10)13(19)20/h6-7,10-11H,2-5,8-9H2,1H3,(H,19,20)(H2,16,17,21). The number of carbonyl (C=O) groups excluding carboxylic acids is 1. The molecule has 1 saturated carbocycles. The molecule has 2 amide bonds. The van der Waals surface area contributed by atoms with E-state index in [2.05, 4.69) is 15.6 Å². The van der Waals surface area contributed by atoms with Gasteiger partial charge in [-0.25, -0.2) is 9.78 Å². The van der Waals surface area contributed by atoms with E-state index in [4.69, 9.17) is 0 Å². The Hall–Kier alpha value is -2.05. The van der Waals surface area contributed by atoms with Gasteiger partial charge in [0.1, 0.15) is 5.82 Å². The zero-order valence-electron chi connectivity index (χ0n) is 12.2. The second-order valence-electron chi connectivity index (χ2n) is 5.51. The van der Waals surface area contributed by atoms with Gasteiger partial charge in [-0.3, -0.25) is 4.79 Å². The molecule has 21 heavy (non-hydrogen) atoms. The normalized spacial score (nSPS) is 21.8. The fourth-order valence-electron chi connectivity index (χ4n) is 2.79. The zero-order chi connectivity index (χ0) is 15.2. The van der Waals surface area contributed by atoms with Crippen molar-refractivity contribution in [1.29, 1.82) is 0 Å². The van der Waals surface area contributed by atoms with Gasteiger partial charge in [-0.1, -0.05) is 12.8 Å². The number of hydrogen-bond donors (Lipinski definition) is 3. The summed E-state index contributed by atoms with van der Waals surface area (Å²) in [5, 5.41) is 14.7. The average Bonchev–Trinajstić information content (AvgIpc) is 2.88. The van der Waals surface area contributed by atoms with Crippen LogP contribution in [0.15, 0.2) is 12.4 Å². The summed E-state index contributed by atoms with van der Waals surface area (Å²) in [5.74, 6) is -0.301. The maximum atomic E-state index is 11.8. The summed E-state index contributed by atoms with van der Waals surface area (Å²) in [5.41, 5.74) is 0. The largest absolute Gasteiger partial charge is 0.481 e. The number of carboxylic acid groups (broad SMARTS) is 1. The number of nitrogens with zero attached hydrogens (tertiary/aromatic N) is 2. The highest BCUT2D eigenvalue weighted by Crippen LogP contribution is 2.29. The summed E-state index contributed by atoms with van der Waals surface area (Å²) in [6.45, 7) is 0.756. The Labute approximate surface area is 123 Å². The van der Waals surface area contributed by atoms with E-state index in [1.165, 1.54) is 0 Å². The van der Waals surface area contributed by atoms with Gasteiger partial charge < -0.3 is 20.3 Å². The Morgan fingerprint density at radius 1 is 1.38 bits per heavy atom. The molecule has 7 heteroatoms. The van der Waals surface area contributed by atoms with E-state index in [1.54, 1.807) is 6.20 Å². The van der Waals surface area contributed by atoms with Gasteiger partial charge in [0.2, 0.25) is 0 Å². The maximum Gasteiger partial charge on any atom is 0.315 e. The van der Waals surface area contributed by atoms with Crippen molar-refractivity contribution in [2.75, 3.05) is 6.54 Å². The Bertz CT molecular complexity index is 500. The summed E-state index contributed by atoms with van der Waals surface area (Å²) >= 11 is 0. The SMILES string of the molecule is Cn1ccnc1CNC(=O)NCC1CCCCC1C(=O)O. The van der Waals surface area contributed by atoms with Crippen molar-refractivity contribution in [3.05, 3.63) is 18.2 Å². The molecule has 0 radical (unpaired) electrons. The highest BCUT2D eigenvalue weighted by molar-refractivity contribution is 5.74. The summed E-state index contributed by atoms with van der Waals surface area (Å²) in [4.78, 5) is 27.1. The van der Waals surface area contributed by atoms with Crippen molar-refractivity contribution < 1.29 is 14.7 Å². The minimum atomic E-state index is -0.755. The van der Waals surface area contributed by atoms with E-state index in [-0.39, 0.29) is 17.9 Å². The summed E-state index contributed by atoms with van der Waals surface area (Å²) in [6.07, 6.45) is 7.04. The molecule has 0 aromatic carbocycles. The first-order chi connectivity index (χ1) is 10.1. The highest BCUT2D eigenvalue weighted by atomic mass is 16.4. The molecule has 0 bridgehead atoms. The van der Waals surface area contributed by atoms with Crippen LogP contribution in [0.5, 0.6) is 0 Å². The van der Waals surface area contributed by atoms with E-state index < -0.39 is 5.97 Å². The predicted octanol–water partition coefficient (Wildman–Crippen LogP) is 1.11. The van der Waals surface area contributed by atoms with E-state index in [1.807, 2.05) is 17.8 Å². The number of urea groups is 1. The molecule has 2 atom stereocenters. The number of amides is 2. The van der Waals surface area contributed by atoms with E-state index in [0.29, 0.717) is 19.5 Å². The summed E-state index contributed by atoms with van der Waals surface area (Å²) in [7, 11) is 1.86.